The first-order valence-corrected chi connectivity index (χ1v) is 5.65. The molecule has 0 aliphatic heterocycles. The number of hydrogen-bond acceptors (Lipinski definition) is 4. The van der Waals surface area contributed by atoms with E-state index in [0.29, 0.717) is 12.4 Å². The Morgan fingerprint density at radius 2 is 2.39 bits per heavy atom. The van der Waals surface area contributed by atoms with E-state index < -0.39 is 6.04 Å². The predicted molar refractivity (Wildman–Crippen MR) is 66.9 cm³/mol. The SMILES string of the molecule is C[C@@H](N)C(=O)NCc1ccnc(-n2cccn2)c1. The fourth-order valence-corrected chi connectivity index (χ4v) is 1.45. The summed E-state index contributed by atoms with van der Waals surface area (Å²) in [7, 11) is 0. The van der Waals surface area contributed by atoms with Crippen LogP contribution in [0.2, 0.25) is 0 Å². The molecule has 0 saturated carbocycles. The predicted octanol–water partition coefficient (Wildman–Crippen LogP) is 0.231. The fraction of sp³-hybridized carbons (Fsp3) is 0.250. The summed E-state index contributed by atoms with van der Waals surface area (Å²) in [4.78, 5) is 15.6. The van der Waals surface area contributed by atoms with Gasteiger partial charge in [-0.15, -0.1) is 0 Å². The van der Waals surface area contributed by atoms with Crippen LogP contribution in [0.1, 0.15) is 12.5 Å². The van der Waals surface area contributed by atoms with E-state index in [1.807, 2.05) is 24.4 Å². The van der Waals surface area contributed by atoms with Crippen molar-refractivity contribution in [3.8, 4) is 5.82 Å². The molecule has 0 aromatic carbocycles. The first-order chi connectivity index (χ1) is 8.66. The van der Waals surface area contributed by atoms with Gasteiger partial charge in [0.25, 0.3) is 0 Å². The van der Waals surface area contributed by atoms with Crippen molar-refractivity contribution in [1.29, 1.82) is 0 Å². The highest BCUT2D eigenvalue weighted by atomic mass is 16.2. The molecule has 0 aliphatic rings. The summed E-state index contributed by atoms with van der Waals surface area (Å²) in [5.74, 6) is 0.542. The molecule has 0 bridgehead atoms. The highest BCUT2D eigenvalue weighted by Crippen LogP contribution is 2.05. The van der Waals surface area contributed by atoms with E-state index in [4.69, 9.17) is 5.73 Å². The Morgan fingerprint density at radius 1 is 1.56 bits per heavy atom. The number of hydrogen-bond donors (Lipinski definition) is 2. The van der Waals surface area contributed by atoms with Crippen LogP contribution in [0, 0.1) is 0 Å². The maximum absolute atomic E-state index is 11.4. The Bertz CT molecular complexity index is 521. The van der Waals surface area contributed by atoms with Crippen LogP contribution in [-0.2, 0) is 11.3 Å². The molecule has 0 spiro atoms. The van der Waals surface area contributed by atoms with Gasteiger partial charge in [0, 0.05) is 25.1 Å². The van der Waals surface area contributed by atoms with Crippen molar-refractivity contribution in [3.05, 3.63) is 42.4 Å². The number of aromatic nitrogens is 3. The highest BCUT2D eigenvalue weighted by Gasteiger charge is 2.06. The van der Waals surface area contributed by atoms with E-state index in [1.54, 1.807) is 24.0 Å². The minimum absolute atomic E-state index is 0.174. The lowest BCUT2D eigenvalue weighted by atomic mass is 10.2. The normalized spacial score (nSPS) is 12.1. The Hall–Kier alpha value is -2.21. The summed E-state index contributed by atoms with van der Waals surface area (Å²) in [6.07, 6.45) is 5.18. The third-order valence-electron chi connectivity index (χ3n) is 2.43. The van der Waals surface area contributed by atoms with E-state index in [2.05, 4.69) is 15.4 Å². The van der Waals surface area contributed by atoms with Crippen molar-refractivity contribution < 1.29 is 4.79 Å². The van der Waals surface area contributed by atoms with E-state index in [9.17, 15) is 4.79 Å². The minimum Gasteiger partial charge on any atom is -0.351 e. The number of carbonyl (C=O) groups excluding carboxylic acids is 1. The van der Waals surface area contributed by atoms with Gasteiger partial charge >= 0.3 is 0 Å². The van der Waals surface area contributed by atoms with Gasteiger partial charge < -0.3 is 11.1 Å². The number of carbonyl (C=O) groups is 1. The van der Waals surface area contributed by atoms with Gasteiger partial charge in [0.2, 0.25) is 5.91 Å². The Morgan fingerprint density at radius 3 is 3.06 bits per heavy atom. The van der Waals surface area contributed by atoms with E-state index >= 15 is 0 Å². The molecule has 18 heavy (non-hydrogen) atoms. The van der Waals surface area contributed by atoms with Crippen molar-refractivity contribution >= 4 is 5.91 Å². The van der Waals surface area contributed by atoms with Gasteiger partial charge in [-0.05, 0) is 30.7 Å². The topological polar surface area (TPSA) is 85.8 Å². The number of rotatable bonds is 4. The molecule has 2 aromatic rings. The lowest BCUT2D eigenvalue weighted by Gasteiger charge is -2.08. The molecule has 1 atom stereocenters. The van der Waals surface area contributed by atoms with E-state index in [1.165, 1.54) is 0 Å². The molecule has 2 aromatic heterocycles. The molecule has 0 aliphatic carbocycles. The first kappa shape index (κ1) is 12.3. The molecule has 2 rings (SSSR count). The van der Waals surface area contributed by atoms with E-state index in [-0.39, 0.29) is 5.91 Å². The summed E-state index contributed by atoms with van der Waals surface area (Å²) in [5.41, 5.74) is 6.42. The van der Waals surface area contributed by atoms with Crippen LogP contribution in [0.3, 0.4) is 0 Å². The zero-order valence-electron chi connectivity index (χ0n) is 10.1. The number of pyridine rings is 1. The summed E-state index contributed by atoms with van der Waals surface area (Å²) in [6.45, 7) is 2.08. The quantitative estimate of drug-likeness (QED) is 0.807. The molecule has 2 heterocycles. The molecule has 0 unspecified atom stereocenters. The van der Waals surface area contributed by atoms with Crippen LogP contribution >= 0.6 is 0 Å². The molecule has 1 amide bonds. The summed E-state index contributed by atoms with van der Waals surface area (Å²) < 4.78 is 1.66. The van der Waals surface area contributed by atoms with Crippen molar-refractivity contribution in [2.24, 2.45) is 5.73 Å². The smallest absolute Gasteiger partial charge is 0.236 e. The second-order valence-corrected chi connectivity index (χ2v) is 3.98. The number of amides is 1. The monoisotopic (exact) mass is 245 g/mol. The molecule has 94 valence electrons. The van der Waals surface area contributed by atoms with Gasteiger partial charge in [0.15, 0.2) is 5.82 Å². The maximum atomic E-state index is 11.4. The van der Waals surface area contributed by atoms with Crippen LogP contribution in [0.5, 0.6) is 0 Å². The molecular weight excluding hydrogens is 230 g/mol. The van der Waals surface area contributed by atoms with Crippen molar-refractivity contribution in [2.45, 2.75) is 19.5 Å². The van der Waals surface area contributed by atoms with Crippen molar-refractivity contribution in [2.75, 3.05) is 0 Å². The maximum Gasteiger partial charge on any atom is 0.236 e. The van der Waals surface area contributed by atoms with Crippen LogP contribution < -0.4 is 11.1 Å². The largest absolute Gasteiger partial charge is 0.351 e. The van der Waals surface area contributed by atoms with Gasteiger partial charge in [-0.1, -0.05) is 0 Å². The minimum atomic E-state index is -0.502. The molecule has 0 radical (unpaired) electrons. The number of nitrogens with two attached hydrogens (primary N) is 1. The van der Waals surface area contributed by atoms with Gasteiger partial charge in [-0.2, -0.15) is 5.10 Å². The van der Waals surface area contributed by atoms with Crippen LogP contribution in [0.25, 0.3) is 5.82 Å². The van der Waals surface area contributed by atoms with Crippen LogP contribution in [0.4, 0.5) is 0 Å². The molecular formula is C12H15N5O. The highest BCUT2D eigenvalue weighted by molar-refractivity contribution is 5.80. The lowest BCUT2D eigenvalue weighted by molar-refractivity contribution is -0.122. The summed E-state index contributed by atoms with van der Waals surface area (Å²) >= 11 is 0. The van der Waals surface area contributed by atoms with Crippen molar-refractivity contribution in [3.63, 3.8) is 0 Å². The van der Waals surface area contributed by atoms with Gasteiger partial charge in [0.05, 0.1) is 6.04 Å². The summed E-state index contributed by atoms with van der Waals surface area (Å²) in [6, 6.07) is 5.03. The molecule has 3 N–H and O–H groups in total. The van der Waals surface area contributed by atoms with Crippen LogP contribution in [-0.4, -0.2) is 26.7 Å². The molecule has 6 heteroatoms. The molecule has 0 saturated heterocycles. The van der Waals surface area contributed by atoms with Gasteiger partial charge in [0.1, 0.15) is 0 Å². The van der Waals surface area contributed by atoms with Gasteiger partial charge in [-0.3, -0.25) is 4.79 Å². The zero-order chi connectivity index (χ0) is 13.0. The second-order valence-electron chi connectivity index (χ2n) is 3.98. The molecule has 0 fully saturated rings. The average Bonchev–Trinajstić information content (AvgIpc) is 2.90. The fourth-order valence-electron chi connectivity index (χ4n) is 1.45. The third kappa shape index (κ3) is 2.92. The Kier molecular flexibility index (Phi) is 3.69. The Balaban J connectivity index is 2.06. The number of nitrogens with one attached hydrogen (secondary N) is 1. The average molecular weight is 245 g/mol. The molecule has 6 nitrogen and oxygen atoms in total. The van der Waals surface area contributed by atoms with Crippen molar-refractivity contribution in [1.82, 2.24) is 20.1 Å². The van der Waals surface area contributed by atoms with E-state index in [0.717, 1.165) is 5.56 Å². The number of nitrogens with zero attached hydrogens (tertiary/aromatic N) is 3. The third-order valence-corrected chi connectivity index (χ3v) is 2.43. The van der Waals surface area contributed by atoms with Gasteiger partial charge in [-0.25, -0.2) is 9.67 Å². The second kappa shape index (κ2) is 5.42. The zero-order valence-corrected chi connectivity index (χ0v) is 10.1. The first-order valence-electron chi connectivity index (χ1n) is 5.65. The lowest BCUT2D eigenvalue weighted by Crippen LogP contribution is -2.37. The standard InChI is InChI=1S/C12H15N5O/c1-9(13)12(18)15-8-10-3-5-14-11(7-10)17-6-2-4-16-17/h2-7,9H,8,13H2,1H3,(H,15,18)/t9-/m1/s1. The Labute approximate surface area is 105 Å². The summed E-state index contributed by atoms with van der Waals surface area (Å²) in [5, 5.41) is 6.85. The van der Waals surface area contributed by atoms with Crippen LogP contribution in [0.15, 0.2) is 36.8 Å².